The van der Waals surface area contributed by atoms with E-state index in [0.29, 0.717) is 25.1 Å². The van der Waals surface area contributed by atoms with E-state index in [4.69, 9.17) is 4.74 Å². The highest BCUT2D eigenvalue weighted by atomic mass is 16.5. The van der Waals surface area contributed by atoms with Crippen LogP contribution >= 0.6 is 0 Å². The summed E-state index contributed by atoms with van der Waals surface area (Å²) in [4.78, 5) is 4.44. The Balaban J connectivity index is 3.69. The Bertz CT molecular complexity index is 203. The lowest BCUT2D eigenvalue weighted by molar-refractivity contribution is 0.130. The van der Waals surface area contributed by atoms with Gasteiger partial charge < -0.3 is 15.4 Å². The first kappa shape index (κ1) is 16.2. The van der Waals surface area contributed by atoms with E-state index < -0.39 is 0 Å². The molecule has 4 heteroatoms. The second-order valence-corrected chi connectivity index (χ2v) is 4.85. The maximum Gasteiger partial charge on any atom is 0.191 e. The Morgan fingerprint density at radius 2 is 1.88 bits per heavy atom. The summed E-state index contributed by atoms with van der Waals surface area (Å²) < 4.78 is 5.52. The normalized spacial score (nSPS) is 12.3. The molecule has 17 heavy (non-hydrogen) atoms. The van der Waals surface area contributed by atoms with Crippen molar-refractivity contribution in [2.24, 2.45) is 10.9 Å². The van der Waals surface area contributed by atoms with Crippen LogP contribution in [0.3, 0.4) is 0 Å². The Labute approximate surface area is 106 Å². The van der Waals surface area contributed by atoms with Crippen molar-refractivity contribution < 1.29 is 4.74 Å². The number of nitrogens with one attached hydrogen (secondary N) is 2. The van der Waals surface area contributed by atoms with Gasteiger partial charge in [-0.2, -0.15) is 0 Å². The third kappa shape index (κ3) is 11.5. The molecule has 0 fully saturated rings. The average Bonchev–Trinajstić information content (AvgIpc) is 2.22. The molecule has 0 bridgehead atoms. The van der Waals surface area contributed by atoms with Crippen LogP contribution in [0.1, 0.15) is 41.0 Å². The van der Waals surface area contributed by atoms with E-state index in [1.165, 1.54) is 0 Å². The van der Waals surface area contributed by atoms with Gasteiger partial charge in [-0.25, -0.2) is 0 Å². The SMILES string of the molecule is CCNC(=NCCOCCC(C)C)NC(C)C. The first-order valence-electron chi connectivity index (χ1n) is 6.68. The monoisotopic (exact) mass is 243 g/mol. The van der Waals surface area contributed by atoms with Crippen molar-refractivity contribution in [3.63, 3.8) is 0 Å². The highest BCUT2D eigenvalue weighted by molar-refractivity contribution is 5.79. The summed E-state index contributed by atoms with van der Waals surface area (Å²) in [7, 11) is 0. The van der Waals surface area contributed by atoms with Crippen LogP contribution in [0.25, 0.3) is 0 Å². The predicted octanol–water partition coefficient (Wildman–Crippen LogP) is 2.01. The smallest absolute Gasteiger partial charge is 0.191 e. The van der Waals surface area contributed by atoms with Gasteiger partial charge >= 0.3 is 0 Å². The van der Waals surface area contributed by atoms with E-state index in [1.54, 1.807) is 0 Å². The van der Waals surface area contributed by atoms with Gasteiger partial charge in [0.1, 0.15) is 0 Å². The van der Waals surface area contributed by atoms with Gasteiger partial charge in [0.15, 0.2) is 5.96 Å². The van der Waals surface area contributed by atoms with Crippen LogP contribution in [0.5, 0.6) is 0 Å². The standard InChI is InChI=1S/C13H29N3O/c1-6-14-13(16-12(4)5)15-8-10-17-9-7-11(2)3/h11-12H,6-10H2,1-5H3,(H2,14,15,16). The van der Waals surface area contributed by atoms with E-state index in [0.717, 1.165) is 25.5 Å². The Hall–Kier alpha value is -0.770. The fraction of sp³-hybridized carbons (Fsp3) is 0.923. The van der Waals surface area contributed by atoms with E-state index >= 15 is 0 Å². The van der Waals surface area contributed by atoms with Crippen LogP contribution in [0, 0.1) is 5.92 Å². The molecular formula is C13H29N3O. The fourth-order valence-electron chi connectivity index (χ4n) is 1.24. The molecule has 0 saturated carbocycles. The zero-order valence-electron chi connectivity index (χ0n) is 12.0. The number of aliphatic imine (C=N–C) groups is 1. The summed E-state index contributed by atoms with van der Waals surface area (Å²) in [6.07, 6.45) is 1.12. The minimum Gasteiger partial charge on any atom is -0.380 e. The molecule has 0 rings (SSSR count). The third-order valence-corrected chi connectivity index (χ3v) is 2.11. The van der Waals surface area contributed by atoms with Gasteiger partial charge in [0.2, 0.25) is 0 Å². The van der Waals surface area contributed by atoms with Crippen molar-refractivity contribution in [2.75, 3.05) is 26.3 Å². The Morgan fingerprint density at radius 1 is 1.18 bits per heavy atom. The summed E-state index contributed by atoms with van der Waals surface area (Å²) >= 11 is 0. The zero-order chi connectivity index (χ0) is 13.1. The molecule has 0 radical (unpaired) electrons. The van der Waals surface area contributed by atoms with Gasteiger partial charge in [0.05, 0.1) is 13.2 Å². The molecule has 0 aliphatic heterocycles. The molecule has 4 nitrogen and oxygen atoms in total. The van der Waals surface area contributed by atoms with E-state index in [2.05, 4.69) is 50.2 Å². The molecule has 0 aromatic rings. The molecular weight excluding hydrogens is 214 g/mol. The Kier molecular flexibility index (Phi) is 9.92. The van der Waals surface area contributed by atoms with E-state index in [1.807, 2.05) is 0 Å². The maximum absolute atomic E-state index is 5.52. The highest BCUT2D eigenvalue weighted by Gasteiger charge is 1.98. The van der Waals surface area contributed by atoms with Crippen molar-refractivity contribution in [3.05, 3.63) is 0 Å². The van der Waals surface area contributed by atoms with Gasteiger partial charge in [-0.15, -0.1) is 0 Å². The number of hydrogen-bond acceptors (Lipinski definition) is 2. The minimum atomic E-state index is 0.398. The molecule has 102 valence electrons. The van der Waals surface area contributed by atoms with Crippen molar-refractivity contribution in [2.45, 2.75) is 47.1 Å². The molecule has 0 atom stereocenters. The molecule has 0 aromatic carbocycles. The predicted molar refractivity (Wildman–Crippen MR) is 74.5 cm³/mol. The van der Waals surface area contributed by atoms with Crippen molar-refractivity contribution in [3.8, 4) is 0 Å². The summed E-state index contributed by atoms with van der Waals surface area (Å²) in [6.45, 7) is 13.8. The van der Waals surface area contributed by atoms with Crippen molar-refractivity contribution in [1.29, 1.82) is 0 Å². The first-order valence-corrected chi connectivity index (χ1v) is 6.68. The quantitative estimate of drug-likeness (QED) is 0.389. The number of nitrogens with zero attached hydrogens (tertiary/aromatic N) is 1. The first-order chi connectivity index (χ1) is 8.06. The fourth-order valence-corrected chi connectivity index (χ4v) is 1.24. The third-order valence-electron chi connectivity index (χ3n) is 2.11. The number of rotatable bonds is 8. The topological polar surface area (TPSA) is 45.7 Å². The van der Waals surface area contributed by atoms with Crippen LogP contribution in [-0.4, -0.2) is 38.3 Å². The summed E-state index contributed by atoms with van der Waals surface area (Å²) in [5.74, 6) is 1.58. The van der Waals surface area contributed by atoms with Crippen LogP contribution in [0.4, 0.5) is 0 Å². The highest BCUT2D eigenvalue weighted by Crippen LogP contribution is 1.98. The lowest BCUT2D eigenvalue weighted by Gasteiger charge is -2.14. The molecule has 0 heterocycles. The largest absolute Gasteiger partial charge is 0.380 e. The summed E-state index contributed by atoms with van der Waals surface area (Å²) in [5, 5.41) is 6.48. The van der Waals surface area contributed by atoms with Gasteiger partial charge in [-0.3, -0.25) is 4.99 Å². The molecule has 0 unspecified atom stereocenters. The van der Waals surface area contributed by atoms with Gasteiger partial charge in [-0.1, -0.05) is 13.8 Å². The number of ether oxygens (including phenoxy) is 1. The molecule has 0 aliphatic carbocycles. The van der Waals surface area contributed by atoms with Crippen LogP contribution in [-0.2, 0) is 4.74 Å². The molecule has 0 saturated heterocycles. The summed E-state index contributed by atoms with van der Waals surface area (Å²) in [5.41, 5.74) is 0. The van der Waals surface area contributed by atoms with E-state index in [-0.39, 0.29) is 0 Å². The second kappa shape index (κ2) is 10.4. The van der Waals surface area contributed by atoms with Crippen LogP contribution < -0.4 is 10.6 Å². The molecule has 0 spiro atoms. The Morgan fingerprint density at radius 3 is 2.41 bits per heavy atom. The van der Waals surface area contributed by atoms with Gasteiger partial charge in [-0.05, 0) is 33.1 Å². The average molecular weight is 243 g/mol. The van der Waals surface area contributed by atoms with Crippen molar-refractivity contribution >= 4 is 5.96 Å². The van der Waals surface area contributed by atoms with Crippen molar-refractivity contribution in [1.82, 2.24) is 10.6 Å². The summed E-state index contributed by atoms with van der Waals surface area (Å²) in [6, 6.07) is 0.398. The molecule has 0 amide bonds. The molecule has 0 aliphatic rings. The molecule has 0 aromatic heterocycles. The van der Waals surface area contributed by atoms with Gasteiger partial charge in [0.25, 0.3) is 0 Å². The molecule has 2 N–H and O–H groups in total. The lowest BCUT2D eigenvalue weighted by Crippen LogP contribution is -2.41. The van der Waals surface area contributed by atoms with E-state index in [9.17, 15) is 0 Å². The lowest BCUT2D eigenvalue weighted by atomic mass is 10.1. The van der Waals surface area contributed by atoms with Crippen LogP contribution in [0.15, 0.2) is 4.99 Å². The van der Waals surface area contributed by atoms with Crippen LogP contribution in [0.2, 0.25) is 0 Å². The zero-order valence-corrected chi connectivity index (χ0v) is 12.0. The number of guanidine groups is 1. The number of hydrogen-bond donors (Lipinski definition) is 2. The maximum atomic E-state index is 5.52. The minimum absolute atomic E-state index is 0.398. The van der Waals surface area contributed by atoms with Gasteiger partial charge in [0, 0.05) is 19.2 Å². The second-order valence-electron chi connectivity index (χ2n) is 4.85.